The number of rotatable bonds is 6. The molecule has 2 aromatic carbocycles. The summed E-state index contributed by atoms with van der Waals surface area (Å²) in [7, 11) is 0. The minimum atomic E-state index is -0.565. The predicted molar refractivity (Wildman–Crippen MR) is 116 cm³/mol. The van der Waals surface area contributed by atoms with Crippen LogP contribution >= 0.6 is 0 Å². The first-order valence-corrected chi connectivity index (χ1v) is 10.3. The zero-order valence-corrected chi connectivity index (χ0v) is 16.9. The number of hydrogen-bond acceptors (Lipinski definition) is 5. The quantitative estimate of drug-likeness (QED) is 0.722. The Balaban J connectivity index is 1.22. The molecule has 0 aliphatic carbocycles. The second-order valence-electron chi connectivity index (χ2n) is 7.75. The van der Waals surface area contributed by atoms with Gasteiger partial charge in [-0.15, -0.1) is 0 Å². The molecule has 7 nitrogen and oxygen atoms in total. The second kappa shape index (κ2) is 9.16. The summed E-state index contributed by atoms with van der Waals surface area (Å²) in [6.45, 7) is 11.4. The van der Waals surface area contributed by atoms with Crippen LogP contribution in [0.3, 0.4) is 0 Å². The number of benzene rings is 2. The molecule has 2 aliphatic heterocycles. The van der Waals surface area contributed by atoms with Crippen LogP contribution in [-0.2, 0) is 11.2 Å². The van der Waals surface area contributed by atoms with Crippen molar-refractivity contribution in [3.8, 4) is 5.75 Å². The van der Waals surface area contributed by atoms with Gasteiger partial charge in [0.15, 0.2) is 5.69 Å². The highest BCUT2D eigenvalue weighted by Crippen LogP contribution is 2.27. The van der Waals surface area contributed by atoms with Gasteiger partial charge in [-0.25, -0.2) is 4.85 Å². The Bertz CT molecular complexity index is 930. The lowest BCUT2D eigenvalue weighted by atomic mass is 10.0. The van der Waals surface area contributed by atoms with Gasteiger partial charge < -0.3 is 20.1 Å². The number of amides is 1. The van der Waals surface area contributed by atoms with Gasteiger partial charge in [0.25, 0.3) is 0 Å². The van der Waals surface area contributed by atoms with Gasteiger partial charge in [-0.1, -0.05) is 12.1 Å². The number of aliphatic hydroxyl groups excluding tert-OH is 1. The monoisotopic (exact) mass is 406 g/mol. The number of nitrogens with one attached hydrogen (secondary N) is 1. The summed E-state index contributed by atoms with van der Waals surface area (Å²) in [5.41, 5.74) is 3.71. The average Bonchev–Trinajstić information content (AvgIpc) is 2.78. The molecule has 0 bridgehead atoms. The maximum Gasteiger partial charge on any atom is 0.224 e. The molecule has 2 aliphatic rings. The number of nitrogens with zero attached hydrogens (tertiary/aromatic N) is 3. The minimum absolute atomic E-state index is 0.0482. The van der Waals surface area contributed by atoms with Crippen LogP contribution in [0.4, 0.5) is 17.1 Å². The van der Waals surface area contributed by atoms with Crippen LogP contribution in [0.2, 0.25) is 0 Å². The van der Waals surface area contributed by atoms with Gasteiger partial charge in [-0.2, -0.15) is 0 Å². The van der Waals surface area contributed by atoms with E-state index in [9.17, 15) is 9.90 Å². The Morgan fingerprint density at radius 3 is 2.60 bits per heavy atom. The highest BCUT2D eigenvalue weighted by atomic mass is 16.5. The number of aliphatic hydroxyl groups is 1. The van der Waals surface area contributed by atoms with E-state index in [1.807, 2.05) is 42.5 Å². The molecule has 0 unspecified atom stereocenters. The molecule has 2 N–H and O–H groups in total. The molecule has 156 valence electrons. The maximum atomic E-state index is 11.4. The van der Waals surface area contributed by atoms with Gasteiger partial charge in [-0.3, -0.25) is 9.69 Å². The molecule has 4 rings (SSSR count). The number of fused-ring (bicyclic) bond motifs is 1. The van der Waals surface area contributed by atoms with Crippen LogP contribution in [0, 0.1) is 6.57 Å². The van der Waals surface area contributed by atoms with Crippen LogP contribution in [0.15, 0.2) is 42.5 Å². The van der Waals surface area contributed by atoms with E-state index < -0.39 is 6.10 Å². The number of anilines is 2. The Morgan fingerprint density at radius 2 is 1.87 bits per heavy atom. The Hall–Kier alpha value is -3.08. The van der Waals surface area contributed by atoms with Crippen molar-refractivity contribution in [1.29, 1.82) is 0 Å². The van der Waals surface area contributed by atoms with Crippen molar-refractivity contribution in [2.45, 2.75) is 18.9 Å². The van der Waals surface area contributed by atoms with Gasteiger partial charge in [-0.05, 0) is 42.3 Å². The van der Waals surface area contributed by atoms with Gasteiger partial charge in [0.2, 0.25) is 5.91 Å². The lowest BCUT2D eigenvalue weighted by Crippen LogP contribution is -2.49. The van der Waals surface area contributed by atoms with E-state index in [0.717, 1.165) is 48.9 Å². The van der Waals surface area contributed by atoms with E-state index >= 15 is 0 Å². The number of aryl methyl sites for hydroxylation is 1. The average molecular weight is 406 g/mol. The lowest BCUT2D eigenvalue weighted by molar-refractivity contribution is -0.116. The third-order valence-corrected chi connectivity index (χ3v) is 5.60. The molecule has 2 aromatic rings. The summed E-state index contributed by atoms with van der Waals surface area (Å²) in [4.78, 5) is 19.4. The van der Waals surface area contributed by atoms with Gasteiger partial charge >= 0.3 is 0 Å². The fraction of sp³-hybridized carbons (Fsp3) is 0.391. The minimum Gasteiger partial charge on any atom is -0.491 e. The van der Waals surface area contributed by atoms with Crippen LogP contribution in [0.1, 0.15) is 12.0 Å². The Labute approximate surface area is 176 Å². The largest absolute Gasteiger partial charge is 0.491 e. The third kappa shape index (κ3) is 4.90. The van der Waals surface area contributed by atoms with Crippen molar-refractivity contribution in [2.24, 2.45) is 0 Å². The standard InChI is InChI=1S/C23H26N4O3/c1-24-18-3-5-19(6-4-18)27-12-10-26(11-13-27)15-20(28)16-30-21-7-8-22-17(14-21)2-9-23(29)25-22/h3-8,14,20,28H,2,9-13,15-16H2,(H,25,29)/t20-/m0/s1. The van der Waals surface area contributed by atoms with Crippen molar-refractivity contribution in [3.05, 3.63) is 59.4 Å². The van der Waals surface area contributed by atoms with Crippen molar-refractivity contribution >= 4 is 23.0 Å². The molecule has 0 radical (unpaired) electrons. The first-order chi connectivity index (χ1) is 14.6. The Kier molecular flexibility index (Phi) is 6.17. The maximum absolute atomic E-state index is 11.4. The van der Waals surface area contributed by atoms with Crippen LogP contribution in [-0.4, -0.2) is 61.3 Å². The normalized spacial score (nSPS) is 17.6. The van der Waals surface area contributed by atoms with Crippen molar-refractivity contribution in [2.75, 3.05) is 49.5 Å². The van der Waals surface area contributed by atoms with Crippen LogP contribution in [0.5, 0.6) is 5.75 Å². The fourth-order valence-corrected chi connectivity index (χ4v) is 3.92. The number of carbonyl (C=O) groups is 1. The molecule has 1 atom stereocenters. The molecule has 0 aromatic heterocycles. The fourth-order valence-electron chi connectivity index (χ4n) is 3.92. The van der Waals surface area contributed by atoms with Crippen molar-refractivity contribution < 1.29 is 14.6 Å². The van der Waals surface area contributed by atoms with Crippen molar-refractivity contribution in [1.82, 2.24) is 4.90 Å². The molecular weight excluding hydrogens is 380 g/mol. The molecule has 0 saturated carbocycles. The summed E-state index contributed by atoms with van der Waals surface area (Å²) in [5.74, 6) is 0.767. The first-order valence-electron chi connectivity index (χ1n) is 10.3. The van der Waals surface area contributed by atoms with E-state index in [-0.39, 0.29) is 12.5 Å². The zero-order chi connectivity index (χ0) is 20.9. The number of carbonyl (C=O) groups excluding carboxylic acids is 1. The molecular formula is C23H26N4O3. The lowest BCUT2D eigenvalue weighted by Gasteiger charge is -2.37. The van der Waals surface area contributed by atoms with E-state index in [4.69, 9.17) is 11.3 Å². The molecule has 1 fully saturated rings. The number of β-amino-alcohol motifs (C(OH)–C–C–N with tert-alkyl or cyclic N) is 1. The first kappa shape index (κ1) is 20.2. The molecule has 2 heterocycles. The van der Waals surface area contributed by atoms with E-state index in [1.54, 1.807) is 0 Å². The zero-order valence-electron chi connectivity index (χ0n) is 16.9. The van der Waals surface area contributed by atoms with Crippen LogP contribution in [0.25, 0.3) is 4.85 Å². The number of hydrogen-bond donors (Lipinski definition) is 2. The molecule has 30 heavy (non-hydrogen) atoms. The third-order valence-electron chi connectivity index (χ3n) is 5.60. The van der Waals surface area contributed by atoms with Gasteiger partial charge in [0.05, 0.1) is 6.57 Å². The van der Waals surface area contributed by atoms with Crippen LogP contribution < -0.4 is 15.0 Å². The van der Waals surface area contributed by atoms with E-state index in [2.05, 4.69) is 20.0 Å². The van der Waals surface area contributed by atoms with E-state index in [0.29, 0.717) is 25.1 Å². The molecule has 0 spiro atoms. The summed E-state index contributed by atoms with van der Waals surface area (Å²) in [5, 5.41) is 13.3. The van der Waals surface area contributed by atoms with Crippen molar-refractivity contribution in [3.63, 3.8) is 0 Å². The smallest absolute Gasteiger partial charge is 0.224 e. The highest BCUT2D eigenvalue weighted by Gasteiger charge is 2.20. The summed E-state index contributed by atoms with van der Waals surface area (Å²) < 4.78 is 5.79. The van der Waals surface area contributed by atoms with E-state index in [1.165, 1.54) is 0 Å². The highest BCUT2D eigenvalue weighted by molar-refractivity contribution is 5.94. The van der Waals surface area contributed by atoms with Gasteiger partial charge in [0, 0.05) is 50.5 Å². The Morgan fingerprint density at radius 1 is 1.10 bits per heavy atom. The summed E-state index contributed by atoms with van der Waals surface area (Å²) in [6, 6.07) is 13.3. The topological polar surface area (TPSA) is 69.4 Å². The molecule has 1 amide bonds. The number of piperazine rings is 1. The SMILES string of the molecule is [C-]#[N+]c1ccc(N2CCN(C[C@H](O)COc3ccc4c(c3)CCC(=O)N4)CC2)cc1. The van der Waals surface area contributed by atoms with Gasteiger partial charge in [0.1, 0.15) is 18.5 Å². The molecule has 1 saturated heterocycles. The molecule has 7 heteroatoms. The summed E-state index contributed by atoms with van der Waals surface area (Å²) >= 11 is 0. The number of ether oxygens (including phenoxy) is 1. The summed E-state index contributed by atoms with van der Waals surface area (Å²) in [6.07, 6.45) is 0.644. The second-order valence-corrected chi connectivity index (χ2v) is 7.75. The predicted octanol–water partition coefficient (Wildman–Crippen LogP) is 2.68.